The van der Waals surface area contributed by atoms with Gasteiger partial charge < -0.3 is 10.6 Å². The van der Waals surface area contributed by atoms with Crippen LogP contribution in [0.5, 0.6) is 0 Å². The SMILES string of the molecule is Cc1nccc(CNC(=O)NC[C@@H]2CCN(Cc3ccccc3)C2)n1. The average Bonchev–Trinajstić information content (AvgIpc) is 3.06. The second kappa shape index (κ2) is 8.58. The fraction of sp³-hybridized carbons (Fsp3) is 0.421. The maximum absolute atomic E-state index is 12.0. The smallest absolute Gasteiger partial charge is 0.315 e. The van der Waals surface area contributed by atoms with Gasteiger partial charge in [0.2, 0.25) is 0 Å². The largest absolute Gasteiger partial charge is 0.338 e. The van der Waals surface area contributed by atoms with E-state index >= 15 is 0 Å². The summed E-state index contributed by atoms with van der Waals surface area (Å²) in [5, 5.41) is 5.82. The number of hydrogen-bond donors (Lipinski definition) is 2. The van der Waals surface area contributed by atoms with Gasteiger partial charge in [0.25, 0.3) is 0 Å². The van der Waals surface area contributed by atoms with Gasteiger partial charge >= 0.3 is 6.03 Å². The van der Waals surface area contributed by atoms with E-state index in [0.29, 0.717) is 24.8 Å². The molecule has 0 spiro atoms. The quantitative estimate of drug-likeness (QED) is 0.846. The van der Waals surface area contributed by atoms with E-state index in [1.165, 1.54) is 5.56 Å². The van der Waals surface area contributed by atoms with Crippen LogP contribution in [0.3, 0.4) is 0 Å². The summed E-state index contributed by atoms with van der Waals surface area (Å²) in [5.41, 5.74) is 2.16. The number of amides is 2. The average molecular weight is 339 g/mol. The zero-order valence-corrected chi connectivity index (χ0v) is 14.6. The van der Waals surface area contributed by atoms with Gasteiger partial charge in [-0.1, -0.05) is 30.3 Å². The molecule has 0 unspecified atom stereocenters. The number of carbonyl (C=O) groups is 1. The third-order valence-corrected chi connectivity index (χ3v) is 4.43. The van der Waals surface area contributed by atoms with Gasteiger partial charge in [0.15, 0.2) is 0 Å². The molecule has 1 aliphatic rings. The fourth-order valence-electron chi connectivity index (χ4n) is 3.14. The highest BCUT2D eigenvalue weighted by molar-refractivity contribution is 5.73. The van der Waals surface area contributed by atoms with E-state index in [1.807, 2.05) is 19.1 Å². The molecule has 0 saturated carbocycles. The van der Waals surface area contributed by atoms with Gasteiger partial charge in [0.1, 0.15) is 5.82 Å². The van der Waals surface area contributed by atoms with E-state index in [0.717, 1.165) is 31.7 Å². The minimum absolute atomic E-state index is 0.141. The summed E-state index contributed by atoms with van der Waals surface area (Å²) in [6.07, 6.45) is 2.83. The van der Waals surface area contributed by atoms with Gasteiger partial charge in [0.05, 0.1) is 12.2 Å². The number of nitrogens with zero attached hydrogens (tertiary/aromatic N) is 3. The molecule has 1 fully saturated rings. The first-order valence-electron chi connectivity index (χ1n) is 8.75. The standard InChI is InChI=1S/C19H25N5O/c1-15-20-9-7-18(23-15)12-22-19(25)21-11-17-8-10-24(14-17)13-16-5-3-2-4-6-16/h2-7,9,17H,8,10-14H2,1H3,(H2,21,22,25)/t17-/m0/s1. The van der Waals surface area contributed by atoms with Crippen molar-refractivity contribution in [3.63, 3.8) is 0 Å². The van der Waals surface area contributed by atoms with Crippen molar-refractivity contribution < 1.29 is 4.79 Å². The lowest BCUT2D eigenvalue weighted by Crippen LogP contribution is -2.38. The van der Waals surface area contributed by atoms with E-state index in [2.05, 4.69) is 49.8 Å². The topological polar surface area (TPSA) is 70.2 Å². The summed E-state index contributed by atoms with van der Waals surface area (Å²) in [6, 6.07) is 12.2. The van der Waals surface area contributed by atoms with Gasteiger partial charge in [-0.2, -0.15) is 0 Å². The predicted octanol–water partition coefficient (Wildman–Crippen LogP) is 2.11. The zero-order chi connectivity index (χ0) is 17.5. The number of hydrogen-bond acceptors (Lipinski definition) is 4. The van der Waals surface area contributed by atoms with Crippen molar-refractivity contribution in [1.29, 1.82) is 0 Å². The molecule has 1 aromatic carbocycles. The van der Waals surface area contributed by atoms with Gasteiger partial charge in [-0.3, -0.25) is 4.90 Å². The molecule has 0 aliphatic carbocycles. The molecular formula is C19H25N5O. The van der Waals surface area contributed by atoms with E-state index in [4.69, 9.17) is 0 Å². The van der Waals surface area contributed by atoms with Crippen LogP contribution in [-0.2, 0) is 13.1 Å². The number of benzene rings is 1. The molecule has 1 atom stereocenters. The van der Waals surface area contributed by atoms with Crippen molar-refractivity contribution in [2.75, 3.05) is 19.6 Å². The van der Waals surface area contributed by atoms with Crippen LogP contribution in [-0.4, -0.2) is 40.5 Å². The zero-order valence-electron chi connectivity index (χ0n) is 14.6. The molecule has 2 N–H and O–H groups in total. The van der Waals surface area contributed by atoms with Crippen LogP contribution in [0.15, 0.2) is 42.6 Å². The highest BCUT2D eigenvalue weighted by Crippen LogP contribution is 2.17. The first-order valence-corrected chi connectivity index (χ1v) is 8.75. The molecule has 3 rings (SSSR count). The van der Waals surface area contributed by atoms with Crippen LogP contribution >= 0.6 is 0 Å². The molecule has 0 radical (unpaired) electrons. The molecule has 6 heteroatoms. The van der Waals surface area contributed by atoms with Crippen molar-refractivity contribution in [2.24, 2.45) is 5.92 Å². The molecule has 2 heterocycles. The molecule has 2 aromatic rings. The Morgan fingerprint density at radius 2 is 2.08 bits per heavy atom. The van der Waals surface area contributed by atoms with Crippen LogP contribution in [0.2, 0.25) is 0 Å². The first-order chi connectivity index (χ1) is 12.2. The molecule has 1 aromatic heterocycles. The van der Waals surface area contributed by atoms with Gasteiger partial charge in [-0.25, -0.2) is 14.8 Å². The first kappa shape index (κ1) is 17.4. The lowest BCUT2D eigenvalue weighted by atomic mass is 10.1. The van der Waals surface area contributed by atoms with E-state index in [9.17, 15) is 4.79 Å². The minimum Gasteiger partial charge on any atom is -0.338 e. The second-order valence-electron chi connectivity index (χ2n) is 6.53. The van der Waals surface area contributed by atoms with Crippen LogP contribution in [0, 0.1) is 12.8 Å². The Balaban J connectivity index is 1.35. The van der Waals surface area contributed by atoms with Crippen molar-refractivity contribution >= 4 is 6.03 Å². The number of nitrogens with one attached hydrogen (secondary N) is 2. The Labute approximate surface area is 148 Å². The monoisotopic (exact) mass is 339 g/mol. The van der Waals surface area contributed by atoms with Crippen LogP contribution < -0.4 is 10.6 Å². The Morgan fingerprint density at radius 1 is 1.24 bits per heavy atom. The normalized spacial score (nSPS) is 17.4. The van der Waals surface area contributed by atoms with Gasteiger partial charge in [-0.05, 0) is 37.4 Å². The molecule has 0 bridgehead atoms. The van der Waals surface area contributed by atoms with E-state index < -0.39 is 0 Å². The maximum atomic E-state index is 12.0. The van der Waals surface area contributed by atoms with Crippen molar-refractivity contribution in [2.45, 2.75) is 26.4 Å². The van der Waals surface area contributed by atoms with Gasteiger partial charge in [-0.15, -0.1) is 0 Å². The summed E-state index contributed by atoms with van der Waals surface area (Å²) in [6.45, 7) is 6.06. The second-order valence-corrected chi connectivity index (χ2v) is 6.53. The molecule has 25 heavy (non-hydrogen) atoms. The van der Waals surface area contributed by atoms with E-state index in [-0.39, 0.29) is 6.03 Å². The molecule has 132 valence electrons. The third kappa shape index (κ3) is 5.53. The summed E-state index contributed by atoms with van der Waals surface area (Å²) in [5.74, 6) is 1.22. The van der Waals surface area contributed by atoms with E-state index in [1.54, 1.807) is 6.20 Å². The highest BCUT2D eigenvalue weighted by atomic mass is 16.2. The Kier molecular flexibility index (Phi) is 5.95. The van der Waals surface area contributed by atoms with Gasteiger partial charge in [0, 0.05) is 25.8 Å². The predicted molar refractivity (Wildman–Crippen MR) is 96.8 cm³/mol. The Morgan fingerprint density at radius 3 is 2.88 bits per heavy atom. The fourth-order valence-corrected chi connectivity index (χ4v) is 3.14. The number of likely N-dealkylation sites (tertiary alicyclic amines) is 1. The van der Waals surface area contributed by atoms with Crippen molar-refractivity contribution in [3.05, 3.63) is 59.7 Å². The van der Waals surface area contributed by atoms with Crippen LogP contribution in [0.25, 0.3) is 0 Å². The lowest BCUT2D eigenvalue weighted by molar-refractivity contribution is 0.238. The molecule has 1 saturated heterocycles. The number of aryl methyl sites for hydroxylation is 1. The van der Waals surface area contributed by atoms with Crippen molar-refractivity contribution in [1.82, 2.24) is 25.5 Å². The summed E-state index contributed by atoms with van der Waals surface area (Å²) in [4.78, 5) is 22.7. The molecule has 6 nitrogen and oxygen atoms in total. The highest BCUT2D eigenvalue weighted by Gasteiger charge is 2.22. The number of aromatic nitrogens is 2. The lowest BCUT2D eigenvalue weighted by Gasteiger charge is -2.16. The Bertz CT molecular complexity index is 691. The summed E-state index contributed by atoms with van der Waals surface area (Å²) >= 11 is 0. The molecule has 1 aliphatic heterocycles. The maximum Gasteiger partial charge on any atom is 0.315 e. The van der Waals surface area contributed by atoms with Crippen LogP contribution in [0.4, 0.5) is 4.79 Å². The summed E-state index contributed by atoms with van der Waals surface area (Å²) < 4.78 is 0. The van der Waals surface area contributed by atoms with Crippen molar-refractivity contribution in [3.8, 4) is 0 Å². The Hall–Kier alpha value is -2.47. The molecular weight excluding hydrogens is 314 g/mol. The molecule has 2 amide bonds. The number of carbonyl (C=O) groups excluding carboxylic acids is 1. The number of urea groups is 1. The number of rotatable bonds is 6. The summed E-state index contributed by atoms with van der Waals surface area (Å²) in [7, 11) is 0. The van der Waals surface area contributed by atoms with Crippen LogP contribution in [0.1, 0.15) is 23.5 Å². The minimum atomic E-state index is -0.141. The third-order valence-electron chi connectivity index (χ3n) is 4.43.